The minimum absolute atomic E-state index is 0.000911. The Morgan fingerprint density at radius 1 is 1.26 bits per heavy atom. The molecule has 0 bridgehead atoms. The Hall–Kier alpha value is -3.24. The van der Waals surface area contributed by atoms with Crippen molar-refractivity contribution in [2.45, 2.75) is 52.1 Å². The van der Waals surface area contributed by atoms with Crippen LogP contribution in [0.1, 0.15) is 48.3 Å². The third kappa shape index (κ3) is 3.57. The molecule has 2 saturated carbocycles. The SMILES string of the molecule is Cc1nn2c(=O)c(C(=O)NC3CC3)c(O)n(CC(C)C)c2c1C=CC(=O)N1CC2C(C1)C2(F)F. The Bertz CT molecular complexity index is 1280. The monoisotopic (exact) mass is 475 g/mol. The van der Waals surface area contributed by atoms with Crippen LogP contribution in [0.25, 0.3) is 11.7 Å². The van der Waals surface area contributed by atoms with Crippen molar-refractivity contribution in [2.75, 3.05) is 13.1 Å². The van der Waals surface area contributed by atoms with Crippen LogP contribution in [0.4, 0.5) is 8.78 Å². The number of aryl methyl sites for hydroxylation is 1. The first-order valence-electron chi connectivity index (χ1n) is 11.5. The highest BCUT2D eigenvalue weighted by Gasteiger charge is 2.72. The number of carbonyl (C=O) groups is 2. The van der Waals surface area contributed by atoms with E-state index in [-0.39, 0.29) is 36.3 Å². The van der Waals surface area contributed by atoms with Gasteiger partial charge in [0.05, 0.1) is 17.5 Å². The van der Waals surface area contributed by atoms with Crippen LogP contribution in [0, 0.1) is 24.7 Å². The Labute approximate surface area is 194 Å². The lowest BCUT2D eigenvalue weighted by molar-refractivity contribution is -0.126. The number of carbonyl (C=O) groups excluding carboxylic acids is 2. The first kappa shape index (κ1) is 22.5. The number of nitrogens with zero attached hydrogens (tertiary/aromatic N) is 4. The molecule has 3 fully saturated rings. The van der Waals surface area contributed by atoms with Gasteiger partial charge in [-0.05, 0) is 31.8 Å². The van der Waals surface area contributed by atoms with Gasteiger partial charge in [-0.2, -0.15) is 9.61 Å². The van der Waals surface area contributed by atoms with E-state index in [1.807, 2.05) is 13.8 Å². The number of piperidine rings is 1. The molecule has 0 spiro atoms. The zero-order valence-corrected chi connectivity index (χ0v) is 19.2. The molecule has 0 aromatic carbocycles. The molecule has 1 aliphatic heterocycles. The molecular weight excluding hydrogens is 448 g/mol. The van der Waals surface area contributed by atoms with Crippen molar-refractivity contribution < 1.29 is 23.5 Å². The first-order valence-corrected chi connectivity index (χ1v) is 11.5. The fourth-order valence-electron chi connectivity index (χ4n) is 4.73. The molecule has 2 aromatic rings. The average Bonchev–Trinajstić information content (AvgIpc) is 3.51. The van der Waals surface area contributed by atoms with Crippen molar-refractivity contribution in [3.63, 3.8) is 0 Å². The van der Waals surface area contributed by atoms with Crippen molar-refractivity contribution in [3.8, 4) is 5.88 Å². The molecule has 5 rings (SSSR count). The number of likely N-dealkylation sites (tertiary alicyclic amines) is 1. The van der Waals surface area contributed by atoms with Gasteiger partial charge < -0.3 is 15.3 Å². The van der Waals surface area contributed by atoms with Crippen molar-refractivity contribution >= 4 is 23.5 Å². The zero-order chi connectivity index (χ0) is 24.5. The maximum absolute atomic E-state index is 13.5. The van der Waals surface area contributed by atoms with Gasteiger partial charge in [0.25, 0.3) is 17.4 Å². The van der Waals surface area contributed by atoms with Crippen LogP contribution in [-0.4, -0.2) is 61.1 Å². The third-order valence-corrected chi connectivity index (χ3v) is 6.81. The van der Waals surface area contributed by atoms with Crippen LogP contribution in [0.2, 0.25) is 0 Å². The van der Waals surface area contributed by atoms with Gasteiger partial charge in [-0.25, -0.2) is 8.78 Å². The summed E-state index contributed by atoms with van der Waals surface area (Å²) in [6.45, 7) is 5.84. The summed E-state index contributed by atoms with van der Waals surface area (Å²) in [4.78, 5) is 39.8. The van der Waals surface area contributed by atoms with Crippen LogP contribution in [0.15, 0.2) is 10.9 Å². The molecular formula is C23H27F2N5O4. The number of hydrogen-bond donors (Lipinski definition) is 2. The predicted molar refractivity (Wildman–Crippen MR) is 119 cm³/mol. The highest BCUT2D eigenvalue weighted by molar-refractivity contribution is 5.97. The maximum atomic E-state index is 13.5. The van der Waals surface area contributed by atoms with E-state index in [1.54, 1.807) is 6.92 Å². The molecule has 2 N–H and O–H groups in total. The molecule has 182 valence electrons. The number of fused-ring (bicyclic) bond motifs is 2. The number of rotatable bonds is 6. The van der Waals surface area contributed by atoms with Gasteiger partial charge in [0.1, 0.15) is 5.65 Å². The summed E-state index contributed by atoms with van der Waals surface area (Å²) >= 11 is 0. The molecule has 0 radical (unpaired) electrons. The number of amides is 2. The van der Waals surface area contributed by atoms with Crippen LogP contribution in [0.5, 0.6) is 5.88 Å². The molecule has 34 heavy (non-hydrogen) atoms. The molecule has 2 aliphatic carbocycles. The van der Waals surface area contributed by atoms with Gasteiger partial charge in [-0.1, -0.05) is 13.8 Å². The number of hydrogen-bond acceptors (Lipinski definition) is 5. The highest BCUT2D eigenvalue weighted by atomic mass is 19.3. The largest absolute Gasteiger partial charge is 0.494 e. The fourth-order valence-corrected chi connectivity index (χ4v) is 4.73. The molecule has 9 nitrogen and oxygen atoms in total. The summed E-state index contributed by atoms with van der Waals surface area (Å²) in [5.74, 6) is -5.64. The van der Waals surface area contributed by atoms with Gasteiger partial charge >= 0.3 is 0 Å². The van der Waals surface area contributed by atoms with Gasteiger partial charge in [0.15, 0.2) is 5.56 Å². The molecule has 1 saturated heterocycles. The summed E-state index contributed by atoms with van der Waals surface area (Å²) in [5.41, 5.74) is 0.00309. The fraction of sp³-hybridized carbons (Fsp3) is 0.565. The lowest BCUT2D eigenvalue weighted by Crippen LogP contribution is -2.34. The Morgan fingerprint density at radius 3 is 2.50 bits per heavy atom. The lowest BCUT2D eigenvalue weighted by atomic mass is 10.1. The molecule has 11 heteroatoms. The smallest absolute Gasteiger partial charge is 0.291 e. The first-order chi connectivity index (χ1) is 16.0. The van der Waals surface area contributed by atoms with Crippen LogP contribution < -0.4 is 10.9 Å². The third-order valence-electron chi connectivity index (χ3n) is 6.81. The van der Waals surface area contributed by atoms with Crippen molar-refractivity contribution in [2.24, 2.45) is 17.8 Å². The van der Waals surface area contributed by atoms with Crippen molar-refractivity contribution in [1.29, 1.82) is 0 Å². The molecule has 3 aliphatic rings. The van der Waals surface area contributed by atoms with E-state index in [1.165, 1.54) is 21.6 Å². The molecule has 2 aromatic heterocycles. The van der Waals surface area contributed by atoms with Crippen LogP contribution in [0.3, 0.4) is 0 Å². The Balaban J connectivity index is 1.53. The number of alkyl halides is 2. The number of aromatic nitrogens is 3. The van der Waals surface area contributed by atoms with E-state index < -0.39 is 41.0 Å². The second-order valence-corrected chi connectivity index (χ2v) is 9.95. The molecule has 2 unspecified atom stereocenters. The van der Waals surface area contributed by atoms with Gasteiger partial charge in [-0.15, -0.1) is 0 Å². The average molecular weight is 475 g/mol. The normalized spacial score (nSPS) is 23.2. The van der Waals surface area contributed by atoms with E-state index in [4.69, 9.17) is 0 Å². The predicted octanol–water partition coefficient (Wildman–Crippen LogP) is 1.79. The quantitative estimate of drug-likeness (QED) is 0.620. The number of halogens is 2. The van der Waals surface area contributed by atoms with E-state index in [9.17, 15) is 28.3 Å². The minimum atomic E-state index is -2.67. The topological polar surface area (TPSA) is 109 Å². The van der Waals surface area contributed by atoms with Crippen molar-refractivity contribution in [1.82, 2.24) is 24.4 Å². The van der Waals surface area contributed by atoms with Gasteiger partial charge in [0, 0.05) is 37.3 Å². The van der Waals surface area contributed by atoms with E-state index in [2.05, 4.69) is 10.4 Å². The van der Waals surface area contributed by atoms with E-state index in [0.717, 1.165) is 17.4 Å². The van der Waals surface area contributed by atoms with Crippen molar-refractivity contribution in [3.05, 3.63) is 33.3 Å². The van der Waals surface area contributed by atoms with Crippen LogP contribution >= 0.6 is 0 Å². The van der Waals surface area contributed by atoms with Crippen LogP contribution in [-0.2, 0) is 11.3 Å². The molecule has 2 amide bonds. The summed E-state index contributed by atoms with van der Waals surface area (Å²) in [7, 11) is 0. The summed E-state index contributed by atoms with van der Waals surface area (Å²) in [6, 6.07) is 0.000911. The zero-order valence-electron chi connectivity index (χ0n) is 19.2. The summed E-state index contributed by atoms with van der Waals surface area (Å²) in [5, 5.41) is 18.0. The second kappa shape index (κ2) is 7.64. The van der Waals surface area contributed by atoms with E-state index >= 15 is 0 Å². The van der Waals surface area contributed by atoms with E-state index in [0.29, 0.717) is 17.8 Å². The highest BCUT2D eigenvalue weighted by Crippen LogP contribution is 2.59. The summed E-state index contributed by atoms with van der Waals surface area (Å²) in [6.07, 6.45) is 4.42. The van der Waals surface area contributed by atoms with Gasteiger partial charge in [0.2, 0.25) is 11.8 Å². The summed E-state index contributed by atoms with van der Waals surface area (Å²) < 4.78 is 29.4. The Kier molecular flexibility index (Phi) is 5.07. The molecule has 2 atom stereocenters. The standard InChI is InChI=1S/C23H27F2N5O4/c1-11(2)8-29-20-14(6-7-17(31)28-9-15-16(10-28)23(15,24)25)12(3)27-30(20)22(34)18(21(29)33)19(32)26-13-4-5-13/h6-7,11,13,15-16,33H,4-5,8-10H2,1-3H3,(H,26,32). The second-order valence-electron chi connectivity index (χ2n) is 9.95. The lowest BCUT2D eigenvalue weighted by Gasteiger charge is -2.18. The Morgan fingerprint density at radius 2 is 1.91 bits per heavy atom. The minimum Gasteiger partial charge on any atom is -0.494 e. The van der Waals surface area contributed by atoms with Gasteiger partial charge in [-0.3, -0.25) is 19.0 Å². The number of aromatic hydroxyl groups is 1. The maximum Gasteiger partial charge on any atom is 0.291 e. The molecule has 3 heterocycles. The number of nitrogens with one attached hydrogen (secondary N) is 1.